The van der Waals surface area contributed by atoms with Crippen LogP contribution < -0.4 is 9.64 Å². The van der Waals surface area contributed by atoms with Crippen LogP contribution in [0.15, 0.2) is 72.9 Å². The van der Waals surface area contributed by atoms with Crippen LogP contribution in [0.25, 0.3) is 10.2 Å². The minimum absolute atomic E-state index is 0.123. The molecule has 2 aromatic carbocycles. The number of thiazole rings is 1. The van der Waals surface area contributed by atoms with E-state index >= 15 is 0 Å². The minimum Gasteiger partial charge on any atom is -0.497 e. The third kappa shape index (κ3) is 5.30. The van der Waals surface area contributed by atoms with Crippen LogP contribution in [0.2, 0.25) is 0 Å². The van der Waals surface area contributed by atoms with Crippen molar-refractivity contribution in [2.45, 2.75) is 12.3 Å². The number of amides is 1. The van der Waals surface area contributed by atoms with E-state index in [2.05, 4.69) is 9.97 Å². The summed E-state index contributed by atoms with van der Waals surface area (Å²) < 4.78 is 31.6. The molecule has 2 heterocycles. The van der Waals surface area contributed by atoms with E-state index in [-0.39, 0.29) is 12.3 Å². The fraction of sp³-hybridized carbons (Fsp3) is 0.174. The van der Waals surface area contributed by atoms with E-state index in [0.29, 0.717) is 27.7 Å². The lowest BCUT2D eigenvalue weighted by Crippen LogP contribution is -2.36. The number of carbonyl (C=O) groups is 1. The highest BCUT2D eigenvalue weighted by atomic mass is 32.2. The first-order valence-electron chi connectivity index (χ1n) is 9.83. The molecule has 0 N–H and O–H groups in total. The average Bonchev–Trinajstić information content (AvgIpc) is 3.21. The number of aromatic nitrogens is 2. The molecule has 0 saturated carbocycles. The Morgan fingerprint density at radius 1 is 1.06 bits per heavy atom. The first-order chi connectivity index (χ1) is 15.4. The molecule has 4 aromatic rings. The van der Waals surface area contributed by atoms with Crippen LogP contribution in [0.3, 0.4) is 0 Å². The van der Waals surface area contributed by atoms with Crippen molar-refractivity contribution in [3.63, 3.8) is 0 Å². The molecule has 1 amide bonds. The number of nitrogens with zero attached hydrogens (tertiary/aromatic N) is 3. The molecule has 0 aliphatic heterocycles. The summed E-state index contributed by atoms with van der Waals surface area (Å²) in [7, 11) is -2.10. The molecule has 0 aliphatic rings. The summed E-state index contributed by atoms with van der Waals surface area (Å²) in [5, 5.41) is 0.416. The molecule has 0 bridgehead atoms. The van der Waals surface area contributed by atoms with Gasteiger partial charge in [-0.2, -0.15) is 0 Å². The zero-order valence-corrected chi connectivity index (χ0v) is 19.0. The minimum atomic E-state index is -3.67. The van der Waals surface area contributed by atoms with E-state index in [1.54, 1.807) is 55.8 Å². The molecule has 0 spiro atoms. The smallest absolute Gasteiger partial charge is 0.244 e. The summed E-state index contributed by atoms with van der Waals surface area (Å²) in [6.45, 7) is 0.123. The standard InChI is InChI=1S/C23H21N3O4S2/c1-30-19-10-11-21-20(13-19)25-23(31-21)26(14-18-9-5-6-12-24-18)22(27)16-32(28,29)15-17-7-3-2-4-8-17/h2-13H,14-16H2,1H3. The van der Waals surface area contributed by atoms with Crippen molar-refractivity contribution >= 4 is 42.4 Å². The molecule has 0 radical (unpaired) electrons. The molecule has 0 saturated heterocycles. The van der Waals surface area contributed by atoms with Crippen LogP contribution >= 0.6 is 11.3 Å². The first-order valence-corrected chi connectivity index (χ1v) is 12.5. The molecule has 0 unspecified atom stereocenters. The van der Waals surface area contributed by atoms with Gasteiger partial charge in [-0.3, -0.25) is 14.7 Å². The van der Waals surface area contributed by atoms with E-state index in [4.69, 9.17) is 4.74 Å². The Labute approximate surface area is 190 Å². The highest BCUT2D eigenvalue weighted by Gasteiger charge is 2.26. The second-order valence-corrected chi connectivity index (χ2v) is 10.2. The summed E-state index contributed by atoms with van der Waals surface area (Å²) >= 11 is 1.32. The Morgan fingerprint density at radius 3 is 2.56 bits per heavy atom. The number of methoxy groups -OCH3 is 1. The molecular formula is C23H21N3O4S2. The fourth-order valence-corrected chi connectivity index (χ4v) is 5.50. The Morgan fingerprint density at radius 2 is 1.84 bits per heavy atom. The number of carbonyl (C=O) groups excluding carboxylic acids is 1. The van der Waals surface area contributed by atoms with Gasteiger partial charge >= 0.3 is 0 Å². The van der Waals surface area contributed by atoms with Gasteiger partial charge in [0.15, 0.2) is 15.0 Å². The predicted molar refractivity (Wildman–Crippen MR) is 126 cm³/mol. The lowest BCUT2D eigenvalue weighted by atomic mass is 10.2. The van der Waals surface area contributed by atoms with Crippen LogP contribution in [-0.4, -0.2) is 37.2 Å². The first kappa shape index (κ1) is 21.9. The average molecular weight is 468 g/mol. The molecule has 164 valence electrons. The zero-order chi connectivity index (χ0) is 22.6. The van der Waals surface area contributed by atoms with E-state index in [9.17, 15) is 13.2 Å². The van der Waals surface area contributed by atoms with Gasteiger partial charge in [-0.15, -0.1) is 0 Å². The Kier molecular flexibility index (Phi) is 6.48. The number of anilines is 1. The van der Waals surface area contributed by atoms with E-state index < -0.39 is 21.5 Å². The van der Waals surface area contributed by atoms with Gasteiger partial charge in [0.25, 0.3) is 0 Å². The molecule has 9 heteroatoms. The van der Waals surface area contributed by atoms with Crippen LogP contribution in [0.4, 0.5) is 5.13 Å². The van der Waals surface area contributed by atoms with Gasteiger partial charge < -0.3 is 4.74 Å². The van der Waals surface area contributed by atoms with Gasteiger partial charge in [0.05, 0.1) is 35.3 Å². The molecular weight excluding hydrogens is 446 g/mol. The Hall–Kier alpha value is -3.30. The van der Waals surface area contributed by atoms with Gasteiger partial charge in [-0.1, -0.05) is 47.7 Å². The number of hydrogen-bond acceptors (Lipinski definition) is 7. The third-order valence-corrected chi connectivity index (χ3v) is 7.25. The van der Waals surface area contributed by atoms with Gasteiger partial charge in [-0.25, -0.2) is 13.4 Å². The van der Waals surface area contributed by atoms with Crippen molar-refractivity contribution in [1.82, 2.24) is 9.97 Å². The number of fused-ring (bicyclic) bond motifs is 1. The highest BCUT2D eigenvalue weighted by molar-refractivity contribution is 7.91. The van der Waals surface area contributed by atoms with Gasteiger partial charge in [0.2, 0.25) is 5.91 Å². The molecule has 4 rings (SSSR count). The maximum atomic E-state index is 13.2. The fourth-order valence-electron chi connectivity index (χ4n) is 3.20. The molecule has 0 aliphatic carbocycles. The predicted octanol–water partition coefficient (Wildman–Crippen LogP) is 3.85. The summed E-state index contributed by atoms with van der Waals surface area (Å²) in [6.07, 6.45) is 1.63. The lowest BCUT2D eigenvalue weighted by molar-refractivity contribution is -0.116. The van der Waals surface area contributed by atoms with Crippen LogP contribution in [0.5, 0.6) is 5.75 Å². The second kappa shape index (κ2) is 9.46. The number of rotatable bonds is 8. The number of ether oxygens (including phenoxy) is 1. The van der Waals surface area contributed by atoms with Gasteiger partial charge in [-0.05, 0) is 29.8 Å². The molecule has 7 nitrogen and oxygen atoms in total. The van der Waals surface area contributed by atoms with Crippen molar-refractivity contribution in [3.05, 3.63) is 84.2 Å². The van der Waals surface area contributed by atoms with Gasteiger partial charge in [0, 0.05) is 12.3 Å². The maximum Gasteiger partial charge on any atom is 0.244 e. The van der Waals surface area contributed by atoms with E-state index in [1.807, 2.05) is 24.3 Å². The van der Waals surface area contributed by atoms with Crippen molar-refractivity contribution in [2.24, 2.45) is 0 Å². The quantitative estimate of drug-likeness (QED) is 0.391. The highest BCUT2D eigenvalue weighted by Crippen LogP contribution is 2.32. The lowest BCUT2D eigenvalue weighted by Gasteiger charge is -2.19. The Balaban J connectivity index is 1.64. The van der Waals surface area contributed by atoms with Crippen LogP contribution in [0.1, 0.15) is 11.3 Å². The summed E-state index contributed by atoms with van der Waals surface area (Å²) in [4.78, 5) is 23.5. The van der Waals surface area contributed by atoms with Crippen molar-refractivity contribution < 1.29 is 17.9 Å². The SMILES string of the molecule is COc1ccc2sc(N(Cc3ccccn3)C(=O)CS(=O)(=O)Cc3ccccc3)nc2c1. The molecule has 0 atom stereocenters. The second-order valence-electron chi connectivity index (χ2n) is 7.15. The van der Waals surface area contributed by atoms with Crippen LogP contribution in [0, 0.1) is 0 Å². The monoisotopic (exact) mass is 467 g/mol. The number of sulfone groups is 1. The zero-order valence-electron chi connectivity index (χ0n) is 17.3. The normalized spacial score (nSPS) is 11.4. The van der Waals surface area contributed by atoms with Crippen molar-refractivity contribution in [3.8, 4) is 5.75 Å². The number of pyridine rings is 1. The van der Waals surface area contributed by atoms with Crippen LogP contribution in [-0.2, 0) is 26.9 Å². The molecule has 32 heavy (non-hydrogen) atoms. The number of benzene rings is 2. The maximum absolute atomic E-state index is 13.2. The summed E-state index contributed by atoms with van der Waals surface area (Å²) in [5.74, 6) is -0.706. The van der Waals surface area contributed by atoms with Gasteiger partial charge in [0.1, 0.15) is 11.5 Å². The Bertz CT molecular complexity index is 1320. The van der Waals surface area contributed by atoms with E-state index in [1.165, 1.54) is 16.2 Å². The third-order valence-electron chi connectivity index (χ3n) is 4.73. The molecule has 0 fully saturated rings. The topological polar surface area (TPSA) is 89.5 Å². The number of hydrogen-bond donors (Lipinski definition) is 0. The van der Waals surface area contributed by atoms with E-state index in [0.717, 1.165) is 4.70 Å². The van der Waals surface area contributed by atoms with Crippen molar-refractivity contribution in [2.75, 3.05) is 17.8 Å². The molecule has 2 aromatic heterocycles. The summed E-state index contributed by atoms with van der Waals surface area (Å²) in [5.41, 5.74) is 1.96. The largest absolute Gasteiger partial charge is 0.497 e. The summed E-state index contributed by atoms with van der Waals surface area (Å²) in [6, 6.07) is 19.7. The van der Waals surface area contributed by atoms with Crippen molar-refractivity contribution in [1.29, 1.82) is 0 Å².